The Morgan fingerprint density at radius 2 is 1.95 bits per heavy atom. The zero-order valence-electron chi connectivity index (χ0n) is 12.0. The van der Waals surface area contributed by atoms with Crippen LogP contribution in [0.3, 0.4) is 0 Å². The van der Waals surface area contributed by atoms with Gasteiger partial charge in [0.25, 0.3) is 0 Å². The molecule has 1 amide bonds. The minimum absolute atomic E-state index is 0.202. The van der Waals surface area contributed by atoms with Crippen molar-refractivity contribution in [3.05, 3.63) is 66.0 Å². The highest BCUT2D eigenvalue weighted by atomic mass is 32.2. The van der Waals surface area contributed by atoms with Crippen molar-refractivity contribution in [1.82, 2.24) is 9.88 Å². The second-order valence-corrected chi connectivity index (χ2v) is 6.38. The van der Waals surface area contributed by atoms with Crippen LogP contribution in [0, 0.1) is 0 Å². The normalized spacial score (nSPS) is 19.8. The van der Waals surface area contributed by atoms with E-state index in [-0.39, 0.29) is 11.3 Å². The molecule has 2 heterocycles. The van der Waals surface area contributed by atoms with E-state index < -0.39 is 0 Å². The maximum Gasteiger partial charge on any atom is 0.233 e. The van der Waals surface area contributed by atoms with Gasteiger partial charge in [0.05, 0.1) is 11.1 Å². The van der Waals surface area contributed by atoms with Crippen LogP contribution in [-0.2, 0) is 11.3 Å². The Hall–Kier alpha value is -1.81. The molecule has 21 heavy (non-hydrogen) atoms. The third-order valence-corrected chi connectivity index (χ3v) is 5.28. The van der Waals surface area contributed by atoms with Crippen LogP contribution in [0.25, 0.3) is 0 Å². The summed E-state index contributed by atoms with van der Waals surface area (Å²) < 4.78 is 0. The molecule has 3 nitrogen and oxygen atoms in total. The van der Waals surface area contributed by atoms with Gasteiger partial charge in [-0.3, -0.25) is 9.78 Å². The Labute approximate surface area is 129 Å². The molecule has 1 aromatic heterocycles. The lowest BCUT2D eigenvalue weighted by atomic mass is 10.00. The summed E-state index contributed by atoms with van der Waals surface area (Å²) >= 11 is 1.74. The van der Waals surface area contributed by atoms with Crippen LogP contribution in [0.15, 0.2) is 54.9 Å². The van der Waals surface area contributed by atoms with Gasteiger partial charge >= 0.3 is 0 Å². The van der Waals surface area contributed by atoms with E-state index in [1.165, 1.54) is 5.56 Å². The molecule has 2 atom stereocenters. The fourth-order valence-electron chi connectivity index (χ4n) is 2.67. The van der Waals surface area contributed by atoms with Crippen molar-refractivity contribution in [1.29, 1.82) is 0 Å². The van der Waals surface area contributed by atoms with Crippen molar-refractivity contribution in [2.24, 2.45) is 0 Å². The number of nitrogens with zero attached hydrogens (tertiary/aromatic N) is 2. The predicted molar refractivity (Wildman–Crippen MR) is 85.9 cm³/mol. The van der Waals surface area contributed by atoms with Crippen LogP contribution in [-0.4, -0.2) is 26.9 Å². The zero-order chi connectivity index (χ0) is 14.7. The maximum absolute atomic E-state index is 12.2. The second kappa shape index (κ2) is 6.31. The first-order valence-electron chi connectivity index (χ1n) is 7.10. The number of aromatic nitrogens is 1. The minimum atomic E-state index is 0.202. The average Bonchev–Trinajstić information content (AvgIpc) is 2.90. The lowest BCUT2D eigenvalue weighted by Gasteiger charge is -2.29. The Balaban J connectivity index is 1.79. The van der Waals surface area contributed by atoms with E-state index in [2.05, 4.69) is 36.2 Å². The number of pyridine rings is 1. The molecule has 2 unspecified atom stereocenters. The highest BCUT2D eigenvalue weighted by molar-refractivity contribution is 8.01. The van der Waals surface area contributed by atoms with Crippen LogP contribution in [0.5, 0.6) is 0 Å². The molecular weight excluding hydrogens is 280 g/mol. The van der Waals surface area contributed by atoms with E-state index in [1.807, 2.05) is 23.1 Å². The molecule has 1 aliphatic heterocycles. The lowest BCUT2D eigenvalue weighted by molar-refractivity contribution is -0.128. The number of benzene rings is 1. The fraction of sp³-hybridized carbons (Fsp3) is 0.294. The number of carbonyl (C=O) groups is 1. The molecule has 1 aromatic carbocycles. The number of hydrogen-bond donors (Lipinski definition) is 0. The van der Waals surface area contributed by atoms with Crippen LogP contribution >= 0.6 is 11.8 Å². The molecule has 0 bridgehead atoms. The van der Waals surface area contributed by atoms with Crippen LogP contribution < -0.4 is 0 Å². The molecule has 0 aliphatic carbocycles. The van der Waals surface area contributed by atoms with E-state index in [0.717, 1.165) is 5.56 Å². The summed E-state index contributed by atoms with van der Waals surface area (Å²) in [6.07, 6.45) is 3.55. The monoisotopic (exact) mass is 298 g/mol. The molecule has 108 valence electrons. The summed E-state index contributed by atoms with van der Waals surface area (Å²) in [6, 6.07) is 14.4. The van der Waals surface area contributed by atoms with Gasteiger partial charge in [-0.25, -0.2) is 0 Å². The van der Waals surface area contributed by atoms with E-state index in [4.69, 9.17) is 0 Å². The van der Waals surface area contributed by atoms with Crippen molar-refractivity contribution in [3.63, 3.8) is 0 Å². The standard InChI is InChI=1S/C17H18N2OS/c1-13(15-5-3-2-4-6-15)17-19(16(20)12-21-17)11-14-7-9-18-10-8-14/h2-10,13,17H,11-12H2,1H3. The largest absolute Gasteiger partial charge is 0.325 e. The number of rotatable bonds is 4. The van der Waals surface area contributed by atoms with E-state index in [0.29, 0.717) is 18.2 Å². The van der Waals surface area contributed by atoms with Crippen molar-refractivity contribution >= 4 is 17.7 Å². The molecule has 1 fully saturated rings. The topological polar surface area (TPSA) is 33.2 Å². The third-order valence-electron chi connectivity index (χ3n) is 3.86. The first kappa shape index (κ1) is 14.1. The SMILES string of the molecule is CC(c1ccccc1)C1SCC(=O)N1Cc1ccncc1. The molecule has 4 heteroatoms. The van der Waals surface area contributed by atoms with Crippen molar-refractivity contribution in [3.8, 4) is 0 Å². The van der Waals surface area contributed by atoms with Crippen molar-refractivity contribution in [2.75, 3.05) is 5.75 Å². The maximum atomic E-state index is 12.2. The Morgan fingerprint density at radius 3 is 2.67 bits per heavy atom. The molecule has 0 N–H and O–H groups in total. The molecule has 0 spiro atoms. The third kappa shape index (κ3) is 3.10. The van der Waals surface area contributed by atoms with Crippen molar-refractivity contribution in [2.45, 2.75) is 24.8 Å². The van der Waals surface area contributed by atoms with Gasteiger partial charge in [0, 0.05) is 24.9 Å². The highest BCUT2D eigenvalue weighted by Crippen LogP contribution is 2.36. The van der Waals surface area contributed by atoms with Crippen LogP contribution in [0.1, 0.15) is 24.0 Å². The quantitative estimate of drug-likeness (QED) is 0.868. The molecule has 0 radical (unpaired) electrons. The number of amides is 1. The number of carbonyl (C=O) groups excluding carboxylic acids is 1. The van der Waals surface area contributed by atoms with Gasteiger partial charge in [0.2, 0.25) is 5.91 Å². The van der Waals surface area contributed by atoms with Crippen LogP contribution in [0.2, 0.25) is 0 Å². The van der Waals surface area contributed by atoms with Gasteiger partial charge in [-0.15, -0.1) is 11.8 Å². The molecule has 1 aliphatic rings. The summed E-state index contributed by atoms with van der Waals surface area (Å²) in [5.41, 5.74) is 2.41. The Kier molecular flexibility index (Phi) is 4.25. The number of hydrogen-bond acceptors (Lipinski definition) is 3. The second-order valence-electron chi connectivity index (χ2n) is 5.28. The van der Waals surface area contributed by atoms with E-state index in [1.54, 1.807) is 24.2 Å². The van der Waals surface area contributed by atoms with Crippen LogP contribution in [0.4, 0.5) is 0 Å². The summed E-state index contributed by atoms with van der Waals surface area (Å²) in [6.45, 7) is 2.86. The zero-order valence-corrected chi connectivity index (χ0v) is 12.8. The molecule has 1 saturated heterocycles. The molecular formula is C17H18N2OS. The minimum Gasteiger partial charge on any atom is -0.325 e. The summed E-state index contributed by atoms with van der Waals surface area (Å²) in [4.78, 5) is 18.2. The smallest absolute Gasteiger partial charge is 0.233 e. The molecule has 3 rings (SSSR count). The lowest BCUT2D eigenvalue weighted by Crippen LogP contribution is -2.35. The van der Waals surface area contributed by atoms with E-state index >= 15 is 0 Å². The summed E-state index contributed by atoms with van der Waals surface area (Å²) in [5.74, 6) is 1.13. The predicted octanol–water partition coefficient (Wildman–Crippen LogP) is 3.29. The average molecular weight is 298 g/mol. The molecule has 0 saturated carbocycles. The summed E-state index contributed by atoms with van der Waals surface area (Å²) in [7, 11) is 0. The van der Waals surface area contributed by atoms with Gasteiger partial charge in [0.1, 0.15) is 0 Å². The number of thioether (sulfide) groups is 1. The Morgan fingerprint density at radius 1 is 1.24 bits per heavy atom. The van der Waals surface area contributed by atoms with Gasteiger partial charge in [0.15, 0.2) is 0 Å². The molecule has 2 aromatic rings. The highest BCUT2D eigenvalue weighted by Gasteiger charge is 2.35. The van der Waals surface area contributed by atoms with Gasteiger partial charge < -0.3 is 4.90 Å². The summed E-state index contributed by atoms with van der Waals surface area (Å²) in [5, 5.41) is 0.202. The fourth-order valence-corrected chi connectivity index (χ4v) is 3.97. The van der Waals surface area contributed by atoms with Crippen molar-refractivity contribution < 1.29 is 4.79 Å². The van der Waals surface area contributed by atoms with Gasteiger partial charge in [-0.1, -0.05) is 37.3 Å². The van der Waals surface area contributed by atoms with E-state index in [9.17, 15) is 4.79 Å². The first-order valence-corrected chi connectivity index (χ1v) is 8.15. The van der Waals surface area contributed by atoms with Gasteiger partial charge in [-0.05, 0) is 23.3 Å². The first-order chi connectivity index (χ1) is 10.3. The van der Waals surface area contributed by atoms with Gasteiger partial charge in [-0.2, -0.15) is 0 Å². The Bertz CT molecular complexity index is 603.